The summed E-state index contributed by atoms with van der Waals surface area (Å²) >= 11 is 0. The highest BCUT2D eigenvalue weighted by Gasteiger charge is 2.53. The van der Waals surface area contributed by atoms with Crippen LogP contribution in [0.4, 0.5) is 4.79 Å². The molecule has 1 fully saturated rings. The zero-order valence-corrected chi connectivity index (χ0v) is 17.9. The summed E-state index contributed by atoms with van der Waals surface area (Å²) in [6.45, 7) is 2.29. The maximum absolute atomic E-state index is 13.4. The number of ether oxygens (including phenoxy) is 1. The van der Waals surface area contributed by atoms with Crippen molar-refractivity contribution in [2.75, 3.05) is 6.61 Å². The Balaban J connectivity index is 1.53. The fourth-order valence-corrected chi connectivity index (χ4v) is 4.02. The zero-order valence-electron chi connectivity index (χ0n) is 17.9. The number of hydroxylamine groups is 1. The molecule has 2 amide bonds. The van der Waals surface area contributed by atoms with Gasteiger partial charge in [-0.05, 0) is 23.6 Å². The molecule has 0 aliphatic carbocycles. The van der Waals surface area contributed by atoms with Gasteiger partial charge in [0.2, 0.25) is 5.91 Å². The fourth-order valence-electron chi connectivity index (χ4n) is 4.02. The minimum atomic E-state index is -1.01. The largest absolute Gasteiger partial charge is 0.446 e. The number of nitrogens with one attached hydrogen (secondary N) is 1. The predicted octanol–water partition coefficient (Wildman–Crippen LogP) is 4.41. The Hall–Kier alpha value is -3.48. The second-order valence-corrected chi connectivity index (χ2v) is 7.87. The molecule has 1 unspecified atom stereocenters. The molecule has 0 aromatic heterocycles. The van der Waals surface area contributed by atoms with Crippen LogP contribution in [0.25, 0.3) is 0 Å². The van der Waals surface area contributed by atoms with E-state index >= 15 is 0 Å². The number of hydrogen-bond acceptors (Lipinski definition) is 5. The zero-order chi connectivity index (χ0) is 22.4. The van der Waals surface area contributed by atoms with E-state index < -0.39 is 11.6 Å². The van der Waals surface area contributed by atoms with E-state index in [1.54, 1.807) is 0 Å². The first-order chi connectivity index (χ1) is 15.6. The summed E-state index contributed by atoms with van der Waals surface area (Å²) in [5, 5.41) is 0. The van der Waals surface area contributed by atoms with E-state index in [-0.39, 0.29) is 25.0 Å². The maximum atomic E-state index is 13.4. The van der Waals surface area contributed by atoms with Crippen LogP contribution in [0.2, 0.25) is 0 Å². The topological polar surface area (TPSA) is 67.9 Å². The van der Waals surface area contributed by atoms with Crippen molar-refractivity contribution in [2.24, 2.45) is 0 Å². The lowest BCUT2D eigenvalue weighted by atomic mass is 9.82. The standard InChI is InChI=1S/C26H26N2O4/c1-20(27-32-18-21-11-5-2-6-12-21)17-24(29)28-25(30)31-19-26(28,22-13-7-3-8-14-22)23-15-9-4-10-16-23/h2-16,20,27H,17-19H2,1H3. The molecule has 1 saturated heterocycles. The Bertz CT molecular complexity index is 1000. The lowest BCUT2D eigenvalue weighted by Gasteiger charge is -2.35. The van der Waals surface area contributed by atoms with Gasteiger partial charge in [-0.1, -0.05) is 91.0 Å². The fraction of sp³-hybridized carbons (Fsp3) is 0.231. The molecule has 1 aliphatic rings. The molecule has 164 valence electrons. The smallest absolute Gasteiger partial charge is 0.417 e. The number of imide groups is 1. The van der Waals surface area contributed by atoms with E-state index in [2.05, 4.69) is 5.48 Å². The van der Waals surface area contributed by atoms with Gasteiger partial charge in [0.1, 0.15) is 12.1 Å². The van der Waals surface area contributed by atoms with Crippen LogP contribution in [0.3, 0.4) is 0 Å². The summed E-state index contributed by atoms with van der Waals surface area (Å²) in [7, 11) is 0. The number of rotatable bonds is 8. The quantitative estimate of drug-likeness (QED) is 0.536. The van der Waals surface area contributed by atoms with E-state index in [1.165, 1.54) is 4.90 Å². The van der Waals surface area contributed by atoms with Gasteiger partial charge in [-0.25, -0.2) is 9.69 Å². The first-order valence-corrected chi connectivity index (χ1v) is 10.6. The molecule has 1 aliphatic heterocycles. The Morgan fingerprint density at radius 3 is 2.06 bits per heavy atom. The highest BCUT2D eigenvalue weighted by molar-refractivity contribution is 5.95. The third kappa shape index (κ3) is 4.42. The monoisotopic (exact) mass is 430 g/mol. The second kappa shape index (κ2) is 9.77. The van der Waals surface area contributed by atoms with E-state index in [4.69, 9.17) is 9.57 Å². The molecule has 1 heterocycles. The van der Waals surface area contributed by atoms with Crippen molar-refractivity contribution in [1.82, 2.24) is 10.4 Å². The van der Waals surface area contributed by atoms with Crippen molar-refractivity contribution < 1.29 is 19.2 Å². The van der Waals surface area contributed by atoms with Crippen molar-refractivity contribution in [2.45, 2.75) is 31.5 Å². The van der Waals surface area contributed by atoms with Gasteiger partial charge in [-0.3, -0.25) is 9.63 Å². The van der Waals surface area contributed by atoms with Gasteiger partial charge in [0, 0.05) is 12.5 Å². The van der Waals surface area contributed by atoms with Crippen molar-refractivity contribution in [3.05, 3.63) is 108 Å². The van der Waals surface area contributed by atoms with E-state index in [0.717, 1.165) is 16.7 Å². The number of hydrogen-bond donors (Lipinski definition) is 1. The number of amides is 2. The number of carbonyl (C=O) groups is 2. The lowest BCUT2D eigenvalue weighted by molar-refractivity contribution is -0.132. The Kier molecular flexibility index (Phi) is 6.63. The van der Waals surface area contributed by atoms with Gasteiger partial charge in [0.05, 0.1) is 6.61 Å². The number of cyclic esters (lactones) is 1. The normalized spacial score (nSPS) is 15.9. The lowest BCUT2D eigenvalue weighted by Crippen LogP contribution is -2.50. The first kappa shape index (κ1) is 21.7. The molecule has 6 heteroatoms. The molecule has 3 aromatic rings. The van der Waals surface area contributed by atoms with Crippen LogP contribution in [0.5, 0.6) is 0 Å². The van der Waals surface area contributed by atoms with Crippen molar-refractivity contribution >= 4 is 12.0 Å². The molecule has 1 N–H and O–H groups in total. The van der Waals surface area contributed by atoms with E-state index in [1.807, 2.05) is 97.9 Å². The summed E-state index contributed by atoms with van der Waals surface area (Å²) in [6, 6.07) is 28.5. The molecular weight excluding hydrogens is 404 g/mol. The van der Waals surface area contributed by atoms with Gasteiger partial charge in [0.25, 0.3) is 0 Å². The van der Waals surface area contributed by atoms with Gasteiger partial charge >= 0.3 is 6.09 Å². The van der Waals surface area contributed by atoms with Crippen molar-refractivity contribution in [3.8, 4) is 0 Å². The number of carbonyl (C=O) groups excluding carboxylic acids is 2. The van der Waals surface area contributed by atoms with Crippen LogP contribution < -0.4 is 5.48 Å². The molecule has 4 rings (SSSR count). The molecule has 0 bridgehead atoms. The van der Waals surface area contributed by atoms with Crippen LogP contribution in [0, 0.1) is 0 Å². The molecule has 0 spiro atoms. The highest BCUT2D eigenvalue weighted by Crippen LogP contribution is 2.41. The van der Waals surface area contributed by atoms with Gasteiger partial charge in [0.15, 0.2) is 0 Å². The van der Waals surface area contributed by atoms with Crippen molar-refractivity contribution in [3.63, 3.8) is 0 Å². The van der Waals surface area contributed by atoms with Crippen LogP contribution >= 0.6 is 0 Å². The minimum Gasteiger partial charge on any atom is -0.446 e. The van der Waals surface area contributed by atoms with Crippen molar-refractivity contribution in [1.29, 1.82) is 0 Å². The van der Waals surface area contributed by atoms with E-state index in [0.29, 0.717) is 6.61 Å². The minimum absolute atomic E-state index is 0.0674. The Morgan fingerprint density at radius 2 is 1.50 bits per heavy atom. The summed E-state index contributed by atoms with van der Waals surface area (Å²) < 4.78 is 5.45. The van der Waals surface area contributed by atoms with Crippen LogP contribution in [0.15, 0.2) is 91.0 Å². The second-order valence-electron chi connectivity index (χ2n) is 7.87. The van der Waals surface area contributed by atoms with Gasteiger partial charge < -0.3 is 4.74 Å². The molecular formula is C26H26N2O4. The molecule has 32 heavy (non-hydrogen) atoms. The third-order valence-corrected chi connectivity index (χ3v) is 5.57. The molecule has 6 nitrogen and oxygen atoms in total. The molecule has 3 aromatic carbocycles. The SMILES string of the molecule is CC(CC(=O)N1C(=O)OCC1(c1ccccc1)c1ccccc1)NOCc1ccccc1. The van der Waals surface area contributed by atoms with Crippen LogP contribution in [-0.2, 0) is 26.5 Å². The average molecular weight is 431 g/mol. The average Bonchev–Trinajstić information content (AvgIpc) is 3.19. The van der Waals surface area contributed by atoms with Gasteiger partial charge in [-0.2, -0.15) is 5.48 Å². The summed E-state index contributed by atoms with van der Waals surface area (Å²) in [6.07, 6.45) is -0.564. The van der Waals surface area contributed by atoms with Crippen LogP contribution in [-0.4, -0.2) is 29.5 Å². The number of nitrogens with zero attached hydrogens (tertiary/aromatic N) is 1. The molecule has 0 saturated carbocycles. The maximum Gasteiger partial charge on any atom is 0.417 e. The summed E-state index contributed by atoms with van der Waals surface area (Å²) in [5.41, 5.74) is 4.57. The molecule has 1 atom stereocenters. The summed E-state index contributed by atoms with van der Waals surface area (Å²) in [4.78, 5) is 33.0. The third-order valence-electron chi connectivity index (χ3n) is 5.57. The van der Waals surface area contributed by atoms with Crippen LogP contribution in [0.1, 0.15) is 30.0 Å². The Labute approximate surface area is 187 Å². The first-order valence-electron chi connectivity index (χ1n) is 10.6. The molecule has 0 radical (unpaired) electrons. The summed E-state index contributed by atoms with van der Waals surface area (Å²) in [5.74, 6) is -0.330. The van der Waals surface area contributed by atoms with E-state index in [9.17, 15) is 9.59 Å². The van der Waals surface area contributed by atoms with Gasteiger partial charge in [-0.15, -0.1) is 0 Å². The predicted molar refractivity (Wildman–Crippen MR) is 120 cm³/mol. The highest BCUT2D eigenvalue weighted by atomic mass is 16.6. The Morgan fingerprint density at radius 1 is 0.969 bits per heavy atom. The number of benzene rings is 3.